The van der Waals surface area contributed by atoms with Gasteiger partial charge in [0.25, 0.3) is 5.91 Å². The highest BCUT2D eigenvalue weighted by atomic mass is 35.5. The third-order valence-corrected chi connectivity index (χ3v) is 7.59. The summed E-state index contributed by atoms with van der Waals surface area (Å²) in [6.07, 6.45) is 9.55. The van der Waals surface area contributed by atoms with Crippen LogP contribution in [-0.4, -0.2) is 67.3 Å². The molecule has 1 unspecified atom stereocenters. The van der Waals surface area contributed by atoms with Gasteiger partial charge in [0, 0.05) is 49.5 Å². The summed E-state index contributed by atoms with van der Waals surface area (Å²) < 4.78 is 10.5. The molecule has 3 aromatic rings. The molecule has 0 aliphatic carbocycles. The van der Waals surface area contributed by atoms with E-state index in [-0.39, 0.29) is 11.9 Å². The number of hydrogen-bond acceptors (Lipinski definition) is 8. The van der Waals surface area contributed by atoms with Gasteiger partial charge in [-0.25, -0.2) is 9.97 Å². The van der Waals surface area contributed by atoms with Crippen LogP contribution in [-0.2, 0) is 11.3 Å². The van der Waals surface area contributed by atoms with Crippen molar-refractivity contribution in [2.45, 2.75) is 44.8 Å². The Kier molecular flexibility index (Phi) is 11.4. The van der Waals surface area contributed by atoms with E-state index in [1.807, 2.05) is 61.3 Å². The lowest BCUT2D eigenvalue weighted by Gasteiger charge is -2.23. The lowest BCUT2D eigenvalue weighted by atomic mass is 10.0. The largest absolute Gasteiger partial charge is 0.497 e. The molecule has 9 nitrogen and oxygen atoms in total. The molecule has 2 aliphatic heterocycles. The quantitative estimate of drug-likeness (QED) is 0.174. The number of benzene rings is 2. The Bertz CT molecular complexity index is 1390. The average molecular weight is 591 g/mol. The van der Waals surface area contributed by atoms with Crippen molar-refractivity contribution in [3.63, 3.8) is 0 Å². The SMILES string of the molecule is C#CNC(C)c1cccc(OC)c1.CNCCCN1Cc2ccc(-c3nc(NC4CCOCC4)ncc3Cl)cc2C1=O. The molecular formula is C32H39ClN6O3. The maximum Gasteiger partial charge on any atom is 0.254 e. The van der Waals surface area contributed by atoms with Crippen LogP contribution >= 0.6 is 11.6 Å². The van der Waals surface area contributed by atoms with Crippen molar-refractivity contribution in [2.75, 3.05) is 45.8 Å². The van der Waals surface area contributed by atoms with Gasteiger partial charge in [-0.05, 0) is 69.1 Å². The normalized spacial score (nSPS) is 15.2. The fourth-order valence-electron chi connectivity index (χ4n) is 4.92. The maximum atomic E-state index is 12.8. The van der Waals surface area contributed by atoms with Gasteiger partial charge in [0.05, 0.1) is 30.1 Å². The van der Waals surface area contributed by atoms with E-state index in [2.05, 4.69) is 32.0 Å². The molecule has 42 heavy (non-hydrogen) atoms. The molecule has 1 fully saturated rings. The summed E-state index contributed by atoms with van der Waals surface area (Å²) in [5.74, 6) is 1.48. The van der Waals surface area contributed by atoms with E-state index in [0.29, 0.717) is 29.3 Å². The number of fused-ring (bicyclic) bond motifs is 1. The average Bonchev–Trinajstić information content (AvgIpc) is 3.33. The Morgan fingerprint density at radius 3 is 2.79 bits per heavy atom. The van der Waals surface area contributed by atoms with Crippen molar-refractivity contribution < 1.29 is 14.3 Å². The van der Waals surface area contributed by atoms with Crippen molar-refractivity contribution in [3.8, 4) is 29.5 Å². The molecule has 222 valence electrons. The van der Waals surface area contributed by atoms with Gasteiger partial charge >= 0.3 is 0 Å². The summed E-state index contributed by atoms with van der Waals surface area (Å²) in [6.45, 7) is 5.80. The highest BCUT2D eigenvalue weighted by Gasteiger charge is 2.27. The monoisotopic (exact) mass is 590 g/mol. The van der Waals surface area contributed by atoms with Gasteiger partial charge in [-0.1, -0.05) is 42.3 Å². The van der Waals surface area contributed by atoms with Crippen LogP contribution in [0.2, 0.25) is 5.02 Å². The molecule has 1 aromatic heterocycles. The molecule has 3 N–H and O–H groups in total. The van der Waals surface area contributed by atoms with Crippen molar-refractivity contribution in [1.29, 1.82) is 0 Å². The van der Waals surface area contributed by atoms with Crippen molar-refractivity contribution >= 4 is 23.5 Å². The maximum absolute atomic E-state index is 12.8. The zero-order chi connectivity index (χ0) is 29.9. The van der Waals surface area contributed by atoms with E-state index in [1.165, 1.54) is 0 Å². The fraction of sp³-hybridized carbons (Fsp3) is 0.406. The lowest BCUT2D eigenvalue weighted by molar-refractivity contribution is 0.0777. The zero-order valence-electron chi connectivity index (χ0n) is 24.5. The summed E-state index contributed by atoms with van der Waals surface area (Å²) in [4.78, 5) is 23.7. The van der Waals surface area contributed by atoms with Crippen LogP contribution in [0.15, 0.2) is 48.7 Å². The first kappa shape index (κ1) is 31.1. The van der Waals surface area contributed by atoms with E-state index >= 15 is 0 Å². The number of carbonyl (C=O) groups is 1. The number of nitrogens with one attached hydrogen (secondary N) is 3. The highest BCUT2D eigenvalue weighted by Crippen LogP contribution is 2.31. The second kappa shape index (κ2) is 15.4. The smallest absolute Gasteiger partial charge is 0.254 e. The number of methoxy groups -OCH3 is 1. The van der Waals surface area contributed by atoms with Crippen LogP contribution in [0.1, 0.15) is 53.7 Å². The number of terminal acetylenes is 1. The molecule has 3 heterocycles. The predicted molar refractivity (Wildman–Crippen MR) is 167 cm³/mol. The number of carbonyl (C=O) groups excluding carboxylic acids is 1. The molecular weight excluding hydrogens is 552 g/mol. The third-order valence-electron chi connectivity index (χ3n) is 7.31. The van der Waals surface area contributed by atoms with Crippen molar-refractivity contribution in [1.82, 2.24) is 25.5 Å². The lowest BCUT2D eigenvalue weighted by Crippen LogP contribution is -2.28. The van der Waals surface area contributed by atoms with Crippen LogP contribution in [0, 0.1) is 12.5 Å². The minimum Gasteiger partial charge on any atom is -0.497 e. The number of nitrogens with zero attached hydrogens (tertiary/aromatic N) is 3. The minimum absolute atomic E-state index is 0.0729. The van der Waals surface area contributed by atoms with Gasteiger partial charge in [-0.15, -0.1) is 0 Å². The second-order valence-corrected chi connectivity index (χ2v) is 10.7. The first-order chi connectivity index (χ1) is 20.4. The molecule has 2 aliphatic rings. The summed E-state index contributed by atoms with van der Waals surface area (Å²) in [7, 11) is 3.57. The fourth-order valence-corrected chi connectivity index (χ4v) is 5.12. The van der Waals surface area contributed by atoms with Gasteiger partial charge in [-0.2, -0.15) is 0 Å². The van der Waals surface area contributed by atoms with Crippen LogP contribution < -0.4 is 20.7 Å². The van der Waals surface area contributed by atoms with E-state index in [9.17, 15) is 4.79 Å². The molecule has 10 heteroatoms. The molecule has 1 amide bonds. The van der Waals surface area contributed by atoms with Gasteiger partial charge in [0.15, 0.2) is 0 Å². The minimum atomic E-state index is 0.0729. The predicted octanol–water partition coefficient (Wildman–Crippen LogP) is 4.89. The number of halogens is 1. The molecule has 2 aromatic carbocycles. The molecule has 0 bridgehead atoms. The third kappa shape index (κ3) is 8.13. The van der Waals surface area contributed by atoms with Gasteiger partial charge in [0.1, 0.15) is 5.75 Å². The Balaban J connectivity index is 0.000000262. The summed E-state index contributed by atoms with van der Waals surface area (Å²) >= 11 is 6.40. The van der Waals surface area contributed by atoms with Crippen LogP contribution in [0.4, 0.5) is 5.95 Å². The first-order valence-electron chi connectivity index (χ1n) is 14.2. The number of ether oxygens (including phenoxy) is 2. The zero-order valence-corrected chi connectivity index (χ0v) is 25.2. The summed E-state index contributed by atoms with van der Waals surface area (Å²) in [5.41, 5.74) is 4.38. The Labute approximate surface area is 253 Å². The highest BCUT2D eigenvalue weighted by molar-refractivity contribution is 6.33. The molecule has 5 rings (SSSR count). The van der Waals surface area contributed by atoms with Gasteiger partial charge in [0.2, 0.25) is 5.95 Å². The number of hydrogen-bond donors (Lipinski definition) is 3. The Morgan fingerprint density at radius 1 is 1.24 bits per heavy atom. The molecule has 1 saturated heterocycles. The molecule has 1 atom stereocenters. The second-order valence-electron chi connectivity index (χ2n) is 10.3. The first-order valence-corrected chi connectivity index (χ1v) is 14.6. The molecule has 0 saturated carbocycles. The van der Waals surface area contributed by atoms with Crippen molar-refractivity contribution in [3.05, 3.63) is 70.4 Å². The van der Waals surface area contributed by atoms with Crippen molar-refractivity contribution in [2.24, 2.45) is 0 Å². The number of anilines is 1. The van der Waals surface area contributed by atoms with E-state index in [1.54, 1.807) is 13.3 Å². The molecule has 0 radical (unpaired) electrons. The van der Waals surface area contributed by atoms with Gasteiger partial charge in [-0.3, -0.25) is 4.79 Å². The standard InChI is InChI=1S/C21H26ClN5O2.C11H13NO/c1-23-7-2-8-27-13-15-4-3-14(11-17(15)20(27)28)19-18(22)12-24-21(26-19)25-16-5-9-29-10-6-16;1-4-12-9(2)10-6-5-7-11(8-10)13-3/h3-4,11-12,16,23H,2,5-10,13H2,1H3,(H,24,25,26);1,5-9,12H,2-3H3. The Hall–Kier alpha value is -3.84. The molecule has 0 spiro atoms. The topological polar surface area (TPSA) is 101 Å². The van der Waals surface area contributed by atoms with Crippen LogP contribution in [0.25, 0.3) is 11.3 Å². The number of amides is 1. The van der Waals surface area contributed by atoms with Crippen LogP contribution in [0.3, 0.4) is 0 Å². The summed E-state index contributed by atoms with van der Waals surface area (Å²) in [6, 6.07) is 16.6. The Morgan fingerprint density at radius 2 is 2.05 bits per heavy atom. The van der Waals surface area contributed by atoms with Gasteiger partial charge < -0.3 is 30.3 Å². The van der Waals surface area contributed by atoms with E-state index in [4.69, 9.17) is 27.5 Å². The van der Waals surface area contributed by atoms with E-state index in [0.717, 1.165) is 73.6 Å². The summed E-state index contributed by atoms with van der Waals surface area (Å²) in [5, 5.41) is 9.85. The van der Waals surface area contributed by atoms with Crippen LogP contribution in [0.5, 0.6) is 5.75 Å². The van der Waals surface area contributed by atoms with E-state index < -0.39 is 0 Å². The number of aromatic nitrogens is 2. The number of rotatable bonds is 10.